The Morgan fingerprint density at radius 1 is 0.317 bits per heavy atom. The fraction of sp³-hybridized carbons (Fsp3) is 0.0164. The second-order valence-electron chi connectivity index (χ2n) is 16.4. The maximum absolute atomic E-state index is 2.46. The van der Waals surface area contributed by atoms with Crippen LogP contribution in [0.1, 0.15) is 22.3 Å². The van der Waals surface area contributed by atoms with Gasteiger partial charge in [0, 0.05) is 33.4 Å². The Balaban J connectivity index is 1.04. The third kappa shape index (κ3) is 5.87. The van der Waals surface area contributed by atoms with Crippen molar-refractivity contribution in [2.45, 2.75) is 5.41 Å². The van der Waals surface area contributed by atoms with Gasteiger partial charge < -0.3 is 9.47 Å². The van der Waals surface area contributed by atoms with Crippen molar-refractivity contribution in [3.8, 4) is 39.1 Å². The van der Waals surface area contributed by atoms with E-state index in [1.165, 1.54) is 66.3 Å². The first-order chi connectivity index (χ1) is 31.3. The monoisotopic (exact) mass is 802 g/mol. The zero-order valence-electron chi connectivity index (χ0n) is 34.6. The molecule has 10 aromatic carbocycles. The molecule has 0 saturated carbocycles. The highest BCUT2D eigenvalue weighted by Crippen LogP contribution is 2.57. The summed E-state index contributed by atoms with van der Waals surface area (Å²) in [5.41, 5.74) is 18.7. The zero-order valence-corrected chi connectivity index (χ0v) is 34.6. The van der Waals surface area contributed by atoms with E-state index in [0.717, 1.165) is 33.9 Å². The van der Waals surface area contributed by atoms with Gasteiger partial charge in [0.15, 0.2) is 0 Å². The number of benzene rings is 10. The molecular weight excluding hydrogens is 761 g/mol. The van der Waals surface area contributed by atoms with Crippen LogP contribution in [0.3, 0.4) is 0 Å². The van der Waals surface area contributed by atoms with Crippen molar-refractivity contribution in [3.05, 3.63) is 277 Å². The van der Waals surface area contributed by atoms with Crippen LogP contribution in [0.5, 0.6) is 0 Å². The summed E-state index contributed by atoms with van der Waals surface area (Å²) < 4.78 is 2.40. The molecule has 1 aliphatic carbocycles. The maximum Gasteiger partial charge on any atom is 0.0714 e. The van der Waals surface area contributed by atoms with Crippen LogP contribution in [0.15, 0.2) is 255 Å². The van der Waals surface area contributed by atoms with Gasteiger partial charge in [0.1, 0.15) is 0 Å². The van der Waals surface area contributed by atoms with E-state index in [9.17, 15) is 0 Å². The lowest BCUT2D eigenvalue weighted by molar-refractivity contribution is 0.768. The van der Waals surface area contributed by atoms with Gasteiger partial charge in [0.05, 0.1) is 22.1 Å². The SMILES string of the molecule is c1ccc(-c2ccc(-n3c4ccccc4c4cc(-c5ccccc5N(c5ccccc5)c5ccc6c(c5)C(c5ccccc5)(c5ccccc5)c5ccccc5-6)ccc43)cc2)cc1. The van der Waals surface area contributed by atoms with Crippen LogP contribution in [0, 0.1) is 0 Å². The van der Waals surface area contributed by atoms with Crippen LogP contribution in [0.4, 0.5) is 17.1 Å². The van der Waals surface area contributed by atoms with Crippen LogP contribution >= 0.6 is 0 Å². The Hall–Kier alpha value is -8.20. The van der Waals surface area contributed by atoms with E-state index >= 15 is 0 Å². The number of rotatable bonds is 8. The van der Waals surface area contributed by atoms with Gasteiger partial charge in [-0.25, -0.2) is 0 Å². The molecule has 296 valence electrons. The fourth-order valence-electron chi connectivity index (χ4n) is 10.3. The minimum Gasteiger partial charge on any atom is -0.310 e. The van der Waals surface area contributed by atoms with Gasteiger partial charge >= 0.3 is 0 Å². The van der Waals surface area contributed by atoms with Crippen LogP contribution < -0.4 is 4.90 Å². The average Bonchev–Trinajstić information content (AvgIpc) is 3.85. The number of para-hydroxylation sites is 3. The molecule has 11 aromatic rings. The molecule has 0 fully saturated rings. The highest BCUT2D eigenvalue weighted by atomic mass is 15.1. The molecule has 0 spiro atoms. The molecule has 0 N–H and O–H groups in total. The fourth-order valence-corrected chi connectivity index (χ4v) is 10.3. The molecule has 0 aliphatic heterocycles. The Morgan fingerprint density at radius 2 is 0.857 bits per heavy atom. The largest absolute Gasteiger partial charge is 0.310 e. The Bertz CT molecular complexity index is 3380. The summed E-state index contributed by atoms with van der Waals surface area (Å²) in [7, 11) is 0. The third-order valence-electron chi connectivity index (χ3n) is 13.1. The summed E-state index contributed by atoms with van der Waals surface area (Å²) in [4.78, 5) is 2.45. The second-order valence-corrected chi connectivity index (χ2v) is 16.4. The standard InChI is InChI=1S/C61H42N2/c1-5-19-43(20-6-1)44-33-36-49(37-34-44)63-59-32-18-15-29-54(59)55-41-45(35-40-60(55)63)51-27-14-17-31-58(51)62(48-25-11-4-12-26-48)50-38-39-53-52-28-13-16-30-56(52)61(57(53)42-50,46-21-7-2-8-22-46)47-23-9-3-10-24-47/h1-42H. The lowest BCUT2D eigenvalue weighted by Crippen LogP contribution is -2.28. The first-order valence-corrected chi connectivity index (χ1v) is 21.8. The van der Waals surface area contributed by atoms with Gasteiger partial charge in [0.2, 0.25) is 0 Å². The minimum atomic E-state index is -0.506. The lowest BCUT2D eigenvalue weighted by atomic mass is 9.67. The predicted octanol–water partition coefficient (Wildman–Crippen LogP) is 16.0. The maximum atomic E-state index is 2.46. The van der Waals surface area contributed by atoms with Gasteiger partial charge in [0.25, 0.3) is 0 Å². The van der Waals surface area contributed by atoms with Crippen LogP contribution in [0.2, 0.25) is 0 Å². The van der Waals surface area contributed by atoms with E-state index in [4.69, 9.17) is 0 Å². The highest BCUT2D eigenvalue weighted by molar-refractivity contribution is 6.11. The smallest absolute Gasteiger partial charge is 0.0714 e. The lowest BCUT2D eigenvalue weighted by Gasteiger charge is -2.35. The van der Waals surface area contributed by atoms with Crippen molar-refractivity contribution in [2.75, 3.05) is 4.90 Å². The summed E-state index contributed by atoms with van der Waals surface area (Å²) in [5, 5.41) is 2.46. The van der Waals surface area contributed by atoms with Crippen molar-refractivity contribution >= 4 is 38.9 Å². The van der Waals surface area contributed by atoms with E-state index < -0.39 is 5.41 Å². The van der Waals surface area contributed by atoms with E-state index in [2.05, 4.69) is 264 Å². The molecule has 0 unspecified atom stereocenters. The molecule has 12 rings (SSSR count). The summed E-state index contributed by atoms with van der Waals surface area (Å²) in [6.45, 7) is 0. The molecule has 63 heavy (non-hydrogen) atoms. The number of anilines is 3. The molecular formula is C61H42N2. The van der Waals surface area contributed by atoms with Gasteiger partial charge in [-0.15, -0.1) is 0 Å². The van der Waals surface area contributed by atoms with Gasteiger partial charge in [-0.3, -0.25) is 0 Å². The third-order valence-corrected chi connectivity index (χ3v) is 13.1. The predicted molar refractivity (Wildman–Crippen MR) is 264 cm³/mol. The first kappa shape index (κ1) is 36.6. The molecule has 2 nitrogen and oxygen atoms in total. The number of hydrogen-bond donors (Lipinski definition) is 0. The van der Waals surface area contributed by atoms with Crippen molar-refractivity contribution in [2.24, 2.45) is 0 Å². The summed E-state index contributed by atoms with van der Waals surface area (Å²) in [5.74, 6) is 0. The number of nitrogens with zero attached hydrogens (tertiary/aromatic N) is 2. The molecule has 1 aromatic heterocycles. The van der Waals surface area contributed by atoms with E-state index in [0.29, 0.717) is 0 Å². The Morgan fingerprint density at radius 3 is 1.59 bits per heavy atom. The first-order valence-electron chi connectivity index (χ1n) is 21.8. The van der Waals surface area contributed by atoms with Crippen molar-refractivity contribution in [1.29, 1.82) is 0 Å². The normalized spacial score (nSPS) is 12.6. The van der Waals surface area contributed by atoms with Gasteiger partial charge in [-0.2, -0.15) is 0 Å². The van der Waals surface area contributed by atoms with Crippen molar-refractivity contribution < 1.29 is 0 Å². The quantitative estimate of drug-likeness (QED) is 0.149. The summed E-state index contributed by atoms with van der Waals surface area (Å²) in [6, 6.07) is 93.2. The molecule has 1 aliphatic rings. The molecule has 0 amide bonds. The van der Waals surface area contributed by atoms with Gasteiger partial charge in [-0.05, 0) is 111 Å². The molecule has 0 saturated heterocycles. The van der Waals surface area contributed by atoms with Crippen LogP contribution in [-0.4, -0.2) is 4.57 Å². The number of aromatic nitrogens is 1. The Labute approximate surface area is 368 Å². The zero-order chi connectivity index (χ0) is 41.7. The Kier molecular flexibility index (Phi) is 8.76. The molecule has 1 heterocycles. The summed E-state index contributed by atoms with van der Waals surface area (Å²) >= 11 is 0. The molecule has 0 radical (unpaired) electrons. The number of hydrogen-bond acceptors (Lipinski definition) is 1. The van der Waals surface area contributed by atoms with E-state index in [-0.39, 0.29) is 0 Å². The second kappa shape index (κ2) is 15.1. The van der Waals surface area contributed by atoms with E-state index in [1.54, 1.807) is 0 Å². The molecule has 0 bridgehead atoms. The average molecular weight is 803 g/mol. The summed E-state index contributed by atoms with van der Waals surface area (Å²) in [6.07, 6.45) is 0. The van der Waals surface area contributed by atoms with Crippen LogP contribution in [-0.2, 0) is 5.41 Å². The molecule has 0 atom stereocenters. The number of fused-ring (bicyclic) bond motifs is 6. The van der Waals surface area contributed by atoms with Crippen molar-refractivity contribution in [1.82, 2.24) is 4.57 Å². The van der Waals surface area contributed by atoms with Crippen LogP contribution in [0.25, 0.3) is 60.9 Å². The highest BCUT2D eigenvalue weighted by Gasteiger charge is 2.46. The van der Waals surface area contributed by atoms with E-state index in [1.807, 2.05) is 0 Å². The topological polar surface area (TPSA) is 8.17 Å². The molecule has 2 heteroatoms. The van der Waals surface area contributed by atoms with Crippen molar-refractivity contribution in [3.63, 3.8) is 0 Å². The minimum absolute atomic E-state index is 0.506. The van der Waals surface area contributed by atoms with Gasteiger partial charge in [-0.1, -0.05) is 194 Å².